The van der Waals surface area contributed by atoms with Crippen molar-refractivity contribution in [3.63, 3.8) is 0 Å². The number of anilines is 1. The Labute approximate surface area is 189 Å². The number of nitrogens with two attached hydrogens (primary N) is 1. The van der Waals surface area contributed by atoms with Crippen molar-refractivity contribution in [2.75, 3.05) is 18.0 Å². The summed E-state index contributed by atoms with van der Waals surface area (Å²) in [6.45, 7) is 14.7. The summed E-state index contributed by atoms with van der Waals surface area (Å²) in [5.41, 5.74) is 7.25. The highest BCUT2D eigenvalue weighted by molar-refractivity contribution is 7.17. The number of aromatic nitrogens is 2. The van der Waals surface area contributed by atoms with Crippen LogP contribution in [0.2, 0.25) is 0 Å². The van der Waals surface area contributed by atoms with E-state index in [0.717, 1.165) is 37.5 Å². The van der Waals surface area contributed by atoms with Crippen LogP contribution in [0.5, 0.6) is 0 Å². The second-order valence-electron chi connectivity index (χ2n) is 8.57. The Morgan fingerprint density at radius 2 is 1.87 bits per heavy atom. The van der Waals surface area contributed by atoms with Crippen LogP contribution in [-0.4, -0.2) is 22.9 Å². The molecule has 3 rings (SSSR count). The summed E-state index contributed by atoms with van der Waals surface area (Å²) in [5.74, 6) is 2.21. The van der Waals surface area contributed by atoms with E-state index in [1.165, 1.54) is 67.4 Å². The number of hydrogen-bond donors (Lipinski definition) is 1. The van der Waals surface area contributed by atoms with Crippen LogP contribution in [-0.2, 0) is 7.05 Å². The number of thiophene rings is 1. The van der Waals surface area contributed by atoms with Crippen molar-refractivity contribution in [2.24, 2.45) is 18.7 Å². The molecule has 1 aliphatic rings. The van der Waals surface area contributed by atoms with Gasteiger partial charge in [0.15, 0.2) is 5.82 Å². The third-order valence-electron chi connectivity index (χ3n) is 5.48. The average molecular weight is 435 g/mol. The normalized spacial score (nSPS) is 13.9. The van der Waals surface area contributed by atoms with Gasteiger partial charge in [-0.15, -0.1) is 11.3 Å². The highest BCUT2D eigenvalue weighted by Crippen LogP contribution is 2.30. The lowest BCUT2D eigenvalue weighted by Crippen LogP contribution is -2.25. The van der Waals surface area contributed by atoms with Crippen LogP contribution in [0.25, 0.3) is 10.2 Å². The molecule has 2 N–H and O–H groups in total. The van der Waals surface area contributed by atoms with E-state index in [0.29, 0.717) is 0 Å². The van der Waals surface area contributed by atoms with E-state index in [9.17, 15) is 0 Å². The fourth-order valence-electron chi connectivity index (χ4n) is 3.74. The molecule has 2 aromatic rings. The van der Waals surface area contributed by atoms with Gasteiger partial charge in [-0.05, 0) is 36.6 Å². The minimum Gasteiger partial charge on any atom is -0.403 e. The molecule has 1 saturated carbocycles. The molecule has 0 amide bonds. The molecule has 0 bridgehead atoms. The quantitative estimate of drug-likeness (QED) is 0.468. The summed E-state index contributed by atoms with van der Waals surface area (Å²) in [7, 11) is 2.03. The van der Waals surface area contributed by atoms with Gasteiger partial charge in [-0.3, -0.25) is 4.68 Å². The van der Waals surface area contributed by atoms with E-state index in [4.69, 9.17) is 5.73 Å². The predicted molar refractivity (Wildman–Crippen MR) is 136 cm³/mol. The minimum absolute atomic E-state index is 0.789. The maximum Gasteiger partial charge on any atom is 0.168 e. The largest absolute Gasteiger partial charge is 0.403 e. The molecule has 172 valence electrons. The molecule has 0 unspecified atom stereocenters. The van der Waals surface area contributed by atoms with E-state index in [2.05, 4.69) is 55.7 Å². The number of aryl methyl sites for hydroxylation is 1. The Kier molecular flexibility index (Phi) is 13.6. The third kappa shape index (κ3) is 9.55. The van der Waals surface area contributed by atoms with E-state index < -0.39 is 0 Å². The summed E-state index contributed by atoms with van der Waals surface area (Å²) in [4.78, 5) is 2.43. The molecule has 0 saturated heterocycles. The molecule has 2 heterocycles. The van der Waals surface area contributed by atoms with Crippen LogP contribution in [0.4, 0.5) is 5.82 Å². The molecule has 0 aliphatic heterocycles. The van der Waals surface area contributed by atoms with Crippen molar-refractivity contribution in [3.8, 4) is 0 Å². The van der Waals surface area contributed by atoms with E-state index in [-0.39, 0.29) is 0 Å². The number of unbranched alkanes of at least 4 members (excludes halogenated alkanes) is 1. The average Bonchev–Trinajstić information content (AvgIpc) is 3.31. The lowest BCUT2D eigenvalue weighted by atomic mass is 9.91. The first-order valence-corrected chi connectivity index (χ1v) is 12.9. The second-order valence-corrected chi connectivity index (χ2v) is 9.49. The maximum atomic E-state index is 5.21. The Morgan fingerprint density at radius 3 is 2.33 bits per heavy atom. The number of rotatable bonds is 8. The van der Waals surface area contributed by atoms with Crippen LogP contribution < -0.4 is 10.6 Å². The maximum absolute atomic E-state index is 5.21. The molecule has 0 aromatic carbocycles. The molecular weight excluding hydrogens is 388 g/mol. The van der Waals surface area contributed by atoms with Crippen molar-refractivity contribution < 1.29 is 0 Å². The highest BCUT2D eigenvalue weighted by Gasteiger charge is 2.15. The first-order valence-electron chi connectivity index (χ1n) is 12.0. The molecule has 2 aromatic heterocycles. The molecule has 5 heteroatoms. The number of nitrogens with zero attached hydrogens (tertiary/aromatic N) is 3. The SMILES string of the molecule is C=C(N)CCC.CC1CCCCC1.CCCCN(CCC)c1nn(C)c2ccsc12. The van der Waals surface area contributed by atoms with Crippen molar-refractivity contribution in [1.82, 2.24) is 9.78 Å². The molecule has 4 nitrogen and oxygen atoms in total. The molecule has 0 spiro atoms. The topological polar surface area (TPSA) is 47.1 Å². The number of hydrogen-bond acceptors (Lipinski definition) is 4. The van der Waals surface area contributed by atoms with E-state index in [1.54, 1.807) is 11.3 Å². The van der Waals surface area contributed by atoms with Crippen LogP contribution >= 0.6 is 11.3 Å². The van der Waals surface area contributed by atoms with Gasteiger partial charge in [0.2, 0.25) is 0 Å². The lowest BCUT2D eigenvalue weighted by molar-refractivity contribution is 0.385. The first kappa shape index (κ1) is 26.5. The Hall–Kier alpha value is -1.49. The van der Waals surface area contributed by atoms with Gasteiger partial charge < -0.3 is 10.6 Å². The Bertz CT molecular complexity index is 697. The molecule has 0 radical (unpaired) electrons. The van der Waals surface area contributed by atoms with Gasteiger partial charge >= 0.3 is 0 Å². The molecule has 1 fully saturated rings. The van der Waals surface area contributed by atoms with Gasteiger partial charge in [0.05, 0.1) is 10.2 Å². The molecule has 30 heavy (non-hydrogen) atoms. The van der Waals surface area contributed by atoms with Crippen LogP contribution in [0.3, 0.4) is 0 Å². The van der Waals surface area contributed by atoms with E-state index >= 15 is 0 Å². The zero-order valence-electron chi connectivity index (χ0n) is 20.3. The van der Waals surface area contributed by atoms with E-state index in [1.807, 2.05) is 11.7 Å². The van der Waals surface area contributed by atoms with Crippen LogP contribution in [0.1, 0.15) is 91.9 Å². The summed E-state index contributed by atoms with van der Waals surface area (Å²) >= 11 is 1.80. The van der Waals surface area contributed by atoms with Crippen molar-refractivity contribution in [2.45, 2.75) is 91.9 Å². The van der Waals surface area contributed by atoms with Crippen molar-refractivity contribution >= 4 is 27.4 Å². The number of allylic oxidation sites excluding steroid dienone is 1. The van der Waals surface area contributed by atoms with Crippen molar-refractivity contribution in [1.29, 1.82) is 0 Å². The van der Waals surface area contributed by atoms with Gasteiger partial charge in [-0.1, -0.05) is 79.2 Å². The van der Waals surface area contributed by atoms with Gasteiger partial charge in [-0.2, -0.15) is 5.10 Å². The summed E-state index contributed by atoms with van der Waals surface area (Å²) in [5, 5.41) is 6.83. The summed E-state index contributed by atoms with van der Waals surface area (Å²) in [6, 6.07) is 2.15. The first-order chi connectivity index (χ1) is 14.4. The fourth-order valence-corrected chi connectivity index (χ4v) is 4.67. The van der Waals surface area contributed by atoms with Gasteiger partial charge in [0.1, 0.15) is 0 Å². The molecular formula is C25H46N4S. The monoisotopic (exact) mass is 434 g/mol. The number of fused-ring (bicyclic) bond motifs is 1. The van der Waals surface area contributed by atoms with Gasteiger partial charge in [0, 0.05) is 25.8 Å². The van der Waals surface area contributed by atoms with Crippen LogP contribution in [0.15, 0.2) is 23.7 Å². The summed E-state index contributed by atoms with van der Waals surface area (Å²) in [6.07, 6.45) is 13.2. The Morgan fingerprint density at radius 1 is 1.17 bits per heavy atom. The Balaban J connectivity index is 0.000000285. The second kappa shape index (κ2) is 15.3. The smallest absolute Gasteiger partial charge is 0.168 e. The summed E-state index contributed by atoms with van der Waals surface area (Å²) < 4.78 is 3.33. The molecule has 1 aliphatic carbocycles. The fraction of sp³-hybridized carbons (Fsp3) is 0.720. The van der Waals surface area contributed by atoms with Crippen molar-refractivity contribution in [3.05, 3.63) is 23.7 Å². The molecule has 0 atom stereocenters. The zero-order chi connectivity index (χ0) is 22.4. The predicted octanol–water partition coefficient (Wildman–Crippen LogP) is 7.50. The minimum atomic E-state index is 0.789. The standard InChI is InChI=1S/C13H21N3S.C7H14.C5H11N/c1-4-6-9-16(8-5-2)13-12-11(7-10-17-12)15(3)14-13;1-7-5-3-2-4-6-7;1-3-4-5(2)6/h7,10H,4-6,8-9H2,1-3H3;7H,2-6H2,1H3;2-4,6H2,1H3. The van der Waals surface area contributed by atoms with Crippen LogP contribution in [0, 0.1) is 5.92 Å². The van der Waals surface area contributed by atoms with Gasteiger partial charge in [0.25, 0.3) is 0 Å². The zero-order valence-corrected chi connectivity index (χ0v) is 21.1. The third-order valence-corrected chi connectivity index (χ3v) is 6.38. The van der Waals surface area contributed by atoms with Gasteiger partial charge in [-0.25, -0.2) is 0 Å². The highest BCUT2D eigenvalue weighted by atomic mass is 32.1. The lowest BCUT2D eigenvalue weighted by Gasteiger charge is -2.21.